The van der Waals surface area contributed by atoms with Crippen LogP contribution in [0.25, 0.3) is 0 Å². The lowest BCUT2D eigenvalue weighted by molar-refractivity contribution is 0.0317. The van der Waals surface area contributed by atoms with Gasteiger partial charge >= 0.3 is 5.97 Å². The summed E-state index contributed by atoms with van der Waals surface area (Å²) in [5, 5.41) is 0. The van der Waals surface area contributed by atoms with E-state index in [2.05, 4.69) is 0 Å². The maximum absolute atomic E-state index is 12.6. The summed E-state index contributed by atoms with van der Waals surface area (Å²) in [4.78, 5) is 24.9. The van der Waals surface area contributed by atoms with Gasteiger partial charge in [0.1, 0.15) is 11.5 Å². The number of sulfone groups is 1. The minimum absolute atomic E-state index is 0.0890. The van der Waals surface area contributed by atoms with Crippen LogP contribution in [0.1, 0.15) is 27.6 Å². The summed E-state index contributed by atoms with van der Waals surface area (Å²) < 4.78 is 38.4. The number of Topliss-reactive ketones (excluding diaryl/α,β-unsaturated/α-hetero) is 1. The van der Waals surface area contributed by atoms with Crippen molar-refractivity contribution in [3.05, 3.63) is 53.6 Å². The van der Waals surface area contributed by atoms with Crippen molar-refractivity contribution in [2.75, 3.05) is 20.5 Å². The molecule has 0 N–H and O–H groups in total. The summed E-state index contributed by atoms with van der Waals surface area (Å²) in [6, 6.07) is 9.99. The van der Waals surface area contributed by atoms with Gasteiger partial charge in [-0.3, -0.25) is 4.79 Å². The molecule has 0 aliphatic carbocycles. The van der Waals surface area contributed by atoms with Crippen LogP contribution in [0.5, 0.6) is 11.5 Å². The van der Waals surface area contributed by atoms with Crippen LogP contribution in [0, 0.1) is 0 Å². The van der Waals surface area contributed by atoms with E-state index < -0.39 is 27.7 Å². The first-order chi connectivity index (χ1) is 12.7. The van der Waals surface area contributed by atoms with E-state index in [9.17, 15) is 18.0 Å². The second-order valence-corrected chi connectivity index (χ2v) is 7.79. The zero-order valence-corrected chi connectivity index (χ0v) is 16.2. The maximum atomic E-state index is 12.6. The van der Waals surface area contributed by atoms with E-state index in [0.29, 0.717) is 11.5 Å². The van der Waals surface area contributed by atoms with Gasteiger partial charge in [-0.1, -0.05) is 0 Å². The summed E-state index contributed by atoms with van der Waals surface area (Å²) in [5.74, 6) is -0.335. The molecule has 0 aliphatic heterocycles. The van der Waals surface area contributed by atoms with E-state index in [4.69, 9.17) is 14.2 Å². The van der Waals surface area contributed by atoms with Crippen LogP contribution < -0.4 is 9.47 Å². The van der Waals surface area contributed by atoms with Gasteiger partial charge in [-0.2, -0.15) is 0 Å². The molecular formula is C19H20O7S. The molecule has 0 saturated carbocycles. The van der Waals surface area contributed by atoms with Gasteiger partial charge in [-0.25, -0.2) is 13.2 Å². The third-order valence-corrected chi connectivity index (χ3v) is 4.97. The average molecular weight is 392 g/mol. The second-order valence-electron chi connectivity index (χ2n) is 5.77. The van der Waals surface area contributed by atoms with Crippen molar-refractivity contribution in [1.29, 1.82) is 0 Å². The predicted octanol–water partition coefficient (Wildman–Crippen LogP) is 2.54. The highest BCUT2D eigenvalue weighted by atomic mass is 32.2. The number of methoxy groups -OCH3 is 2. The SMILES string of the molecule is COc1ccc(C(=O)[C@@H](C)OC(=O)c2ccc(S(C)(=O)=O)cc2)c(OC)c1. The molecule has 2 rings (SSSR count). The second kappa shape index (κ2) is 8.22. The third kappa shape index (κ3) is 4.85. The summed E-state index contributed by atoms with van der Waals surface area (Å²) in [5.41, 5.74) is 0.398. The van der Waals surface area contributed by atoms with Gasteiger partial charge in [0, 0.05) is 12.3 Å². The maximum Gasteiger partial charge on any atom is 0.338 e. The first kappa shape index (κ1) is 20.4. The van der Waals surface area contributed by atoms with Crippen LogP contribution in [-0.4, -0.2) is 46.7 Å². The van der Waals surface area contributed by atoms with Crippen LogP contribution in [-0.2, 0) is 14.6 Å². The number of esters is 1. The Morgan fingerprint density at radius 3 is 2.11 bits per heavy atom. The smallest absolute Gasteiger partial charge is 0.338 e. The lowest BCUT2D eigenvalue weighted by atomic mass is 10.1. The molecule has 1 atom stereocenters. The van der Waals surface area contributed by atoms with Gasteiger partial charge < -0.3 is 14.2 Å². The fourth-order valence-electron chi connectivity index (χ4n) is 2.34. The van der Waals surface area contributed by atoms with Crippen molar-refractivity contribution < 1.29 is 32.2 Å². The van der Waals surface area contributed by atoms with Crippen LogP contribution in [0.3, 0.4) is 0 Å². The van der Waals surface area contributed by atoms with E-state index in [0.717, 1.165) is 6.26 Å². The topological polar surface area (TPSA) is 96.0 Å². The highest BCUT2D eigenvalue weighted by Crippen LogP contribution is 2.26. The van der Waals surface area contributed by atoms with Gasteiger partial charge in [0.15, 0.2) is 15.9 Å². The van der Waals surface area contributed by atoms with E-state index in [1.165, 1.54) is 51.5 Å². The van der Waals surface area contributed by atoms with Crippen LogP contribution >= 0.6 is 0 Å². The predicted molar refractivity (Wildman–Crippen MR) is 98.3 cm³/mol. The Bertz CT molecular complexity index is 947. The summed E-state index contributed by atoms with van der Waals surface area (Å²) in [7, 11) is -0.444. The normalized spacial score (nSPS) is 12.1. The van der Waals surface area contributed by atoms with Crippen molar-refractivity contribution in [3.8, 4) is 11.5 Å². The van der Waals surface area contributed by atoms with Gasteiger partial charge in [-0.05, 0) is 43.3 Å². The van der Waals surface area contributed by atoms with Crippen molar-refractivity contribution in [2.24, 2.45) is 0 Å². The molecule has 0 radical (unpaired) electrons. The van der Waals surface area contributed by atoms with E-state index in [1.807, 2.05) is 0 Å². The fraction of sp³-hybridized carbons (Fsp3) is 0.263. The number of hydrogen-bond acceptors (Lipinski definition) is 7. The molecule has 7 nitrogen and oxygen atoms in total. The largest absolute Gasteiger partial charge is 0.497 e. The molecule has 2 aromatic carbocycles. The minimum atomic E-state index is -3.36. The Morgan fingerprint density at radius 2 is 1.59 bits per heavy atom. The molecule has 0 aliphatic rings. The molecule has 27 heavy (non-hydrogen) atoms. The van der Waals surface area contributed by atoms with Crippen LogP contribution in [0.2, 0.25) is 0 Å². The zero-order valence-electron chi connectivity index (χ0n) is 15.4. The molecule has 0 bridgehead atoms. The summed E-state index contributed by atoms with van der Waals surface area (Å²) in [6.07, 6.45) is 0.0120. The number of ketones is 1. The van der Waals surface area contributed by atoms with Crippen LogP contribution in [0.4, 0.5) is 0 Å². The Kier molecular flexibility index (Phi) is 6.22. The monoisotopic (exact) mass is 392 g/mol. The highest BCUT2D eigenvalue weighted by molar-refractivity contribution is 7.90. The van der Waals surface area contributed by atoms with Crippen LogP contribution in [0.15, 0.2) is 47.4 Å². The van der Waals surface area contributed by atoms with Gasteiger partial charge in [0.05, 0.1) is 30.2 Å². The van der Waals surface area contributed by atoms with Gasteiger partial charge in [0.2, 0.25) is 5.78 Å². The van der Waals surface area contributed by atoms with Gasteiger partial charge in [-0.15, -0.1) is 0 Å². The first-order valence-electron chi connectivity index (χ1n) is 7.94. The Balaban J connectivity index is 2.15. The van der Waals surface area contributed by atoms with Crippen molar-refractivity contribution >= 4 is 21.6 Å². The standard InChI is InChI=1S/C19H20O7S/c1-12(18(20)16-10-7-14(24-2)11-17(16)25-3)26-19(21)13-5-8-15(9-6-13)27(4,22)23/h5-12H,1-4H3/t12-/m1/s1. The molecule has 8 heteroatoms. The molecule has 0 fully saturated rings. The summed E-state index contributed by atoms with van der Waals surface area (Å²) >= 11 is 0. The highest BCUT2D eigenvalue weighted by Gasteiger charge is 2.24. The Hall–Kier alpha value is -2.87. The zero-order chi connectivity index (χ0) is 20.2. The quantitative estimate of drug-likeness (QED) is 0.528. The number of benzene rings is 2. The van der Waals surface area contributed by atoms with E-state index >= 15 is 0 Å². The number of rotatable bonds is 7. The molecule has 0 heterocycles. The third-order valence-electron chi connectivity index (χ3n) is 3.85. The molecule has 2 aromatic rings. The van der Waals surface area contributed by atoms with Crippen molar-refractivity contribution in [1.82, 2.24) is 0 Å². The minimum Gasteiger partial charge on any atom is -0.497 e. The number of hydrogen-bond donors (Lipinski definition) is 0. The number of carbonyl (C=O) groups is 2. The fourth-order valence-corrected chi connectivity index (χ4v) is 2.97. The molecule has 0 unspecified atom stereocenters. The molecule has 0 saturated heterocycles. The van der Waals surface area contributed by atoms with E-state index in [1.54, 1.807) is 12.1 Å². The molecule has 144 valence electrons. The summed E-state index contributed by atoms with van der Waals surface area (Å²) in [6.45, 7) is 1.45. The molecule has 0 aromatic heterocycles. The molecule has 0 spiro atoms. The number of carbonyl (C=O) groups excluding carboxylic acids is 2. The average Bonchev–Trinajstić information content (AvgIpc) is 2.66. The van der Waals surface area contributed by atoms with Crippen molar-refractivity contribution in [2.45, 2.75) is 17.9 Å². The first-order valence-corrected chi connectivity index (χ1v) is 9.84. The Labute approximate surface area is 157 Å². The van der Waals surface area contributed by atoms with E-state index in [-0.39, 0.29) is 16.0 Å². The number of ether oxygens (including phenoxy) is 3. The molecule has 0 amide bonds. The lowest BCUT2D eigenvalue weighted by Gasteiger charge is -2.15. The van der Waals surface area contributed by atoms with Crippen molar-refractivity contribution in [3.63, 3.8) is 0 Å². The Morgan fingerprint density at radius 1 is 0.963 bits per heavy atom. The van der Waals surface area contributed by atoms with Gasteiger partial charge in [0.25, 0.3) is 0 Å². The molecular weight excluding hydrogens is 372 g/mol. The lowest BCUT2D eigenvalue weighted by Crippen LogP contribution is -2.25.